The van der Waals surface area contributed by atoms with Crippen molar-refractivity contribution in [3.05, 3.63) is 12.2 Å². The van der Waals surface area contributed by atoms with Gasteiger partial charge >= 0.3 is 17.9 Å². The quantitative estimate of drug-likeness (QED) is 0.439. The molecule has 6 nitrogen and oxygen atoms in total. The first kappa shape index (κ1) is 18.2. The normalized spacial score (nSPS) is 27.2. The third-order valence-corrected chi connectivity index (χ3v) is 3.82. The molecule has 4 unspecified atom stereocenters. The van der Waals surface area contributed by atoms with Crippen LogP contribution in [0, 0.1) is 23.7 Å². The van der Waals surface area contributed by atoms with E-state index < -0.39 is 35.7 Å². The fourth-order valence-electron chi connectivity index (χ4n) is 2.63. The fraction of sp³-hybridized carbons (Fsp3) is 0.688. The third kappa shape index (κ3) is 4.32. The van der Waals surface area contributed by atoms with Crippen molar-refractivity contribution in [3.63, 3.8) is 0 Å². The van der Waals surface area contributed by atoms with Gasteiger partial charge in [-0.25, -0.2) is 0 Å². The Morgan fingerprint density at radius 3 is 2.23 bits per heavy atom. The highest BCUT2D eigenvalue weighted by Gasteiger charge is 2.47. The molecule has 6 heteroatoms. The van der Waals surface area contributed by atoms with Gasteiger partial charge in [0.15, 0.2) is 0 Å². The molecule has 0 aromatic heterocycles. The van der Waals surface area contributed by atoms with Crippen LogP contribution >= 0.6 is 0 Å². The number of carboxylic acid groups (broad SMARTS) is 1. The van der Waals surface area contributed by atoms with E-state index in [0.717, 1.165) is 6.42 Å². The second-order valence-corrected chi connectivity index (χ2v) is 5.43. The Kier molecular flexibility index (Phi) is 7.08. The zero-order valence-electron chi connectivity index (χ0n) is 13.3. The minimum Gasteiger partial charge on any atom is -0.481 e. The predicted octanol–water partition coefficient (Wildman–Crippen LogP) is 2.03. The summed E-state index contributed by atoms with van der Waals surface area (Å²) in [4.78, 5) is 35.9. The number of carboxylic acids is 1. The number of carbonyl (C=O) groups is 3. The van der Waals surface area contributed by atoms with E-state index in [9.17, 15) is 19.5 Å². The second-order valence-electron chi connectivity index (χ2n) is 5.43. The number of allylic oxidation sites excluding steroid dienone is 1. The number of aliphatic carboxylic acids is 1. The molecule has 0 saturated heterocycles. The Morgan fingerprint density at radius 1 is 1.05 bits per heavy atom. The van der Waals surface area contributed by atoms with Gasteiger partial charge in [-0.05, 0) is 19.3 Å². The standard InChI is InChI=1S/C16H24O6/c1-4-6-9-22-16(20)13-11(14(17)18)8-7-10(3)12(13)15(19)21-5-2/h7-8,10-13H,4-6,9H2,1-3H3,(H,17,18). The van der Waals surface area contributed by atoms with Gasteiger partial charge in [-0.2, -0.15) is 0 Å². The summed E-state index contributed by atoms with van der Waals surface area (Å²) in [5, 5.41) is 9.33. The Bertz CT molecular complexity index is 442. The van der Waals surface area contributed by atoms with E-state index in [4.69, 9.17) is 9.47 Å². The molecule has 22 heavy (non-hydrogen) atoms. The van der Waals surface area contributed by atoms with Crippen molar-refractivity contribution in [1.82, 2.24) is 0 Å². The van der Waals surface area contributed by atoms with Crippen molar-refractivity contribution in [3.8, 4) is 0 Å². The largest absolute Gasteiger partial charge is 0.481 e. The summed E-state index contributed by atoms with van der Waals surface area (Å²) in [6.45, 7) is 5.81. The first-order valence-corrected chi connectivity index (χ1v) is 7.68. The molecule has 0 fully saturated rings. The van der Waals surface area contributed by atoms with Crippen molar-refractivity contribution in [1.29, 1.82) is 0 Å². The summed E-state index contributed by atoms with van der Waals surface area (Å²) in [5.41, 5.74) is 0. The van der Waals surface area contributed by atoms with E-state index in [0.29, 0.717) is 6.42 Å². The van der Waals surface area contributed by atoms with Gasteiger partial charge in [0.1, 0.15) is 0 Å². The van der Waals surface area contributed by atoms with Gasteiger partial charge in [-0.15, -0.1) is 0 Å². The SMILES string of the molecule is CCCCOC(=O)C1C(C(=O)O)C=CC(C)C1C(=O)OCC. The van der Waals surface area contributed by atoms with Gasteiger partial charge in [-0.3, -0.25) is 14.4 Å². The maximum absolute atomic E-state index is 12.3. The highest BCUT2D eigenvalue weighted by molar-refractivity contribution is 5.88. The third-order valence-electron chi connectivity index (χ3n) is 3.82. The molecule has 124 valence electrons. The molecule has 0 saturated carbocycles. The molecule has 0 radical (unpaired) electrons. The second kappa shape index (κ2) is 8.56. The fourth-order valence-corrected chi connectivity index (χ4v) is 2.63. The number of ether oxygens (including phenoxy) is 2. The van der Waals surface area contributed by atoms with Gasteiger partial charge in [0.25, 0.3) is 0 Å². The molecule has 0 aromatic carbocycles. The smallest absolute Gasteiger partial charge is 0.311 e. The minimum absolute atomic E-state index is 0.182. The molecule has 0 spiro atoms. The number of carbonyl (C=O) groups excluding carboxylic acids is 2. The molecule has 0 aliphatic heterocycles. The number of esters is 2. The highest BCUT2D eigenvalue weighted by Crippen LogP contribution is 2.36. The molecule has 0 aromatic rings. The predicted molar refractivity (Wildman–Crippen MR) is 78.9 cm³/mol. The average molecular weight is 312 g/mol. The van der Waals surface area contributed by atoms with Crippen molar-refractivity contribution < 1.29 is 29.0 Å². The van der Waals surface area contributed by atoms with Crippen molar-refractivity contribution in [2.24, 2.45) is 23.7 Å². The van der Waals surface area contributed by atoms with E-state index in [1.807, 2.05) is 6.92 Å². The van der Waals surface area contributed by atoms with Crippen LogP contribution < -0.4 is 0 Å². The Hall–Kier alpha value is -1.85. The van der Waals surface area contributed by atoms with E-state index in [1.165, 1.54) is 6.08 Å². The minimum atomic E-state index is -1.14. The van der Waals surface area contributed by atoms with Crippen LogP contribution in [-0.2, 0) is 23.9 Å². The summed E-state index contributed by atoms with van der Waals surface area (Å²) < 4.78 is 10.2. The van der Waals surface area contributed by atoms with Crippen molar-refractivity contribution in [2.45, 2.75) is 33.6 Å². The van der Waals surface area contributed by atoms with E-state index >= 15 is 0 Å². The van der Waals surface area contributed by atoms with Crippen LogP contribution in [0.3, 0.4) is 0 Å². The van der Waals surface area contributed by atoms with Gasteiger partial charge in [0, 0.05) is 0 Å². The molecule has 4 atom stereocenters. The van der Waals surface area contributed by atoms with Crippen LogP contribution in [0.5, 0.6) is 0 Å². The van der Waals surface area contributed by atoms with Crippen molar-refractivity contribution >= 4 is 17.9 Å². The molecule has 0 heterocycles. The summed E-state index contributed by atoms with van der Waals surface area (Å²) in [7, 11) is 0. The van der Waals surface area contributed by atoms with Gasteiger partial charge in [0.2, 0.25) is 0 Å². The topological polar surface area (TPSA) is 89.9 Å². The maximum atomic E-state index is 12.3. The van der Waals surface area contributed by atoms with Gasteiger partial charge in [0.05, 0.1) is 31.0 Å². The lowest BCUT2D eigenvalue weighted by molar-refractivity contribution is -0.168. The molecular weight excluding hydrogens is 288 g/mol. The summed E-state index contributed by atoms with van der Waals surface area (Å²) in [6, 6.07) is 0. The van der Waals surface area contributed by atoms with Gasteiger partial charge < -0.3 is 14.6 Å². The zero-order chi connectivity index (χ0) is 16.7. The summed E-state index contributed by atoms with van der Waals surface area (Å²) in [5.74, 6) is -5.57. The molecular formula is C16H24O6. The Balaban J connectivity index is 3.02. The number of unbranched alkanes of at least 4 members (excludes halogenated alkanes) is 1. The van der Waals surface area contributed by atoms with E-state index in [-0.39, 0.29) is 19.1 Å². The molecule has 1 aliphatic carbocycles. The summed E-state index contributed by atoms with van der Waals surface area (Å²) in [6.07, 6.45) is 4.67. The molecule has 1 N–H and O–H groups in total. The highest BCUT2D eigenvalue weighted by atomic mass is 16.5. The Labute approximate surface area is 130 Å². The van der Waals surface area contributed by atoms with Crippen molar-refractivity contribution in [2.75, 3.05) is 13.2 Å². The van der Waals surface area contributed by atoms with Crippen LogP contribution in [0.15, 0.2) is 12.2 Å². The van der Waals surface area contributed by atoms with E-state index in [2.05, 4.69) is 0 Å². The molecule has 1 rings (SSSR count). The average Bonchev–Trinajstić information content (AvgIpc) is 2.46. The number of hydrogen-bond donors (Lipinski definition) is 1. The molecule has 0 amide bonds. The lowest BCUT2D eigenvalue weighted by Gasteiger charge is -2.33. The molecule has 0 bridgehead atoms. The lowest BCUT2D eigenvalue weighted by atomic mass is 9.71. The van der Waals surface area contributed by atoms with Crippen LogP contribution in [0.1, 0.15) is 33.6 Å². The number of rotatable bonds is 7. The first-order valence-electron chi connectivity index (χ1n) is 7.68. The Morgan fingerprint density at radius 2 is 1.68 bits per heavy atom. The molecule has 1 aliphatic rings. The lowest BCUT2D eigenvalue weighted by Crippen LogP contribution is -2.44. The zero-order valence-corrected chi connectivity index (χ0v) is 13.3. The van der Waals surface area contributed by atoms with Gasteiger partial charge in [-0.1, -0.05) is 32.4 Å². The van der Waals surface area contributed by atoms with E-state index in [1.54, 1.807) is 19.9 Å². The maximum Gasteiger partial charge on any atom is 0.311 e. The van der Waals surface area contributed by atoms with Crippen LogP contribution in [0.4, 0.5) is 0 Å². The van der Waals surface area contributed by atoms with Crippen LogP contribution in [-0.4, -0.2) is 36.2 Å². The first-order chi connectivity index (χ1) is 10.4. The van der Waals surface area contributed by atoms with Crippen LogP contribution in [0.25, 0.3) is 0 Å². The summed E-state index contributed by atoms with van der Waals surface area (Å²) >= 11 is 0. The monoisotopic (exact) mass is 312 g/mol. The van der Waals surface area contributed by atoms with Crippen LogP contribution in [0.2, 0.25) is 0 Å². The number of hydrogen-bond acceptors (Lipinski definition) is 5.